The van der Waals surface area contributed by atoms with Crippen LogP contribution in [0.25, 0.3) is 34.2 Å². The third-order valence-corrected chi connectivity index (χ3v) is 6.82. The molecule has 0 aliphatic heterocycles. The molecule has 4 aromatic heterocycles. The number of aromatic nitrogens is 3. The fourth-order valence-corrected chi connectivity index (χ4v) is 4.90. The van der Waals surface area contributed by atoms with Crippen molar-refractivity contribution >= 4 is 45.7 Å². The van der Waals surface area contributed by atoms with E-state index in [1.807, 2.05) is 48.7 Å². The Morgan fingerprint density at radius 3 is 2.58 bits per heavy atom. The van der Waals surface area contributed by atoms with Crippen LogP contribution in [0.2, 0.25) is 5.02 Å². The number of hydrogen-bond donors (Lipinski definition) is 2. The van der Waals surface area contributed by atoms with Crippen LogP contribution in [0.3, 0.4) is 0 Å². The summed E-state index contributed by atoms with van der Waals surface area (Å²) < 4.78 is 11.1. The second-order valence-electron chi connectivity index (χ2n) is 6.99. The zero-order valence-electron chi connectivity index (χ0n) is 17.2. The zero-order valence-corrected chi connectivity index (χ0v) is 19.6. The van der Waals surface area contributed by atoms with Gasteiger partial charge in [-0.15, -0.1) is 11.3 Å². The molecule has 10 heteroatoms. The van der Waals surface area contributed by atoms with Crippen molar-refractivity contribution in [2.45, 2.75) is 17.3 Å². The summed E-state index contributed by atoms with van der Waals surface area (Å²) in [6.45, 7) is 1.81. The highest BCUT2D eigenvalue weighted by atomic mass is 35.5. The maximum atomic E-state index is 12.8. The number of benzene rings is 1. The molecule has 1 aromatic carbocycles. The lowest BCUT2D eigenvalue weighted by Gasteiger charge is -2.08. The number of furan rings is 2. The van der Waals surface area contributed by atoms with Gasteiger partial charge in [-0.05, 0) is 37.3 Å². The molecule has 4 heterocycles. The van der Waals surface area contributed by atoms with Crippen molar-refractivity contribution in [3.05, 3.63) is 71.5 Å². The number of halogens is 1. The van der Waals surface area contributed by atoms with E-state index < -0.39 is 5.25 Å². The minimum Gasteiger partial charge on any atom is -0.463 e. The van der Waals surface area contributed by atoms with E-state index in [4.69, 9.17) is 20.4 Å². The fraction of sp³-hybridized carbons (Fsp3) is 0.0870. The number of nitrogens with zero attached hydrogens (tertiary/aromatic N) is 2. The molecule has 1 amide bonds. The van der Waals surface area contributed by atoms with Gasteiger partial charge in [0.15, 0.2) is 21.8 Å². The molecule has 5 rings (SSSR count). The molecule has 0 spiro atoms. The summed E-state index contributed by atoms with van der Waals surface area (Å²) >= 11 is 8.90. The molecule has 0 radical (unpaired) electrons. The standard InChI is InChI=1S/C23H17ClN4O3S2/c1-13(21(29)28-22-25-16(12-32-22)14-6-2-3-7-15(14)24)33-23-26-19(17-8-4-10-30-17)20(27-23)18-9-5-11-31-18/h2-13H,1H3,(H,26,27)(H,25,28,29). The largest absolute Gasteiger partial charge is 0.463 e. The molecule has 0 bridgehead atoms. The number of hydrogen-bond acceptors (Lipinski definition) is 7. The van der Waals surface area contributed by atoms with Gasteiger partial charge in [-0.1, -0.05) is 41.6 Å². The van der Waals surface area contributed by atoms with Gasteiger partial charge in [-0.2, -0.15) is 0 Å². The first-order valence-electron chi connectivity index (χ1n) is 9.94. The first kappa shape index (κ1) is 21.6. The van der Waals surface area contributed by atoms with Gasteiger partial charge in [0.1, 0.15) is 11.4 Å². The van der Waals surface area contributed by atoms with Gasteiger partial charge >= 0.3 is 0 Å². The molecule has 0 fully saturated rings. The van der Waals surface area contributed by atoms with E-state index in [-0.39, 0.29) is 5.91 Å². The SMILES string of the molecule is CC(Sc1nc(-c2ccco2)c(-c2ccco2)[nH]1)C(=O)Nc1nc(-c2ccccc2Cl)cs1. The Morgan fingerprint density at radius 2 is 1.85 bits per heavy atom. The maximum Gasteiger partial charge on any atom is 0.239 e. The van der Waals surface area contributed by atoms with Crippen molar-refractivity contribution in [1.29, 1.82) is 0 Å². The summed E-state index contributed by atoms with van der Waals surface area (Å²) in [4.78, 5) is 25.2. The zero-order chi connectivity index (χ0) is 22.8. The van der Waals surface area contributed by atoms with Crippen LogP contribution in [0, 0.1) is 0 Å². The molecule has 5 aromatic rings. The van der Waals surface area contributed by atoms with Gasteiger partial charge in [0.05, 0.1) is 23.5 Å². The van der Waals surface area contributed by atoms with Gasteiger partial charge in [-0.25, -0.2) is 9.97 Å². The number of imidazole rings is 1. The number of aromatic amines is 1. The van der Waals surface area contributed by atoms with Crippen LogP contribution in [0.15, 0.2) is 80.4 Å². The summed E-state index contributed by atoms with van der Waals surface area (Å²) in [5.41, 5.74) is 2.85. The number of rotatable bonds is 7. The lowest BCUT2D eigenvalue weighted by Crippen LogP contribution is -2.22. The fourth-order valence-electron chi connectivity index (χ4n) is 3.15. The molecule has 0 aliphatic carbocycles. The molecular formula is C23H17ClN4O3S2. The highest BCUT2D eigenvalue weighted by molar-refractivity contribution is 8.00. The van der Waals surface area contributed by atoms with E-state index in [0.29, 0.717) is 38.2 Å². The Labute approximate surface area is 202 Å². The Hall–Kier alpha value is -3.27. The topological polar surface area (TPSA) is 97.0 Å². The molecule has 7 nitrogen and oxygen atoms in total. The van der Waals surface area contributed by atoms with Crippen molar-refractivity contribution < 1.29 is 13.6 Å². The quantitative estimate of drug-likeness (QED) is 0.240. The van der Waals surface area contributed by atoms with Crippen LogP contribution in [0.5, 0.6) is 0 Å². The predicted molar refractivity (Wildman–Crippen MR) is 131 cm³/mol. The molecule has 2 N–H and O–H groups in total. The number of anilines is 1. The summed E-state index contributed by atoms with van der Waals surface area (Å²) in [7, 11) is 0. The van der Waals surface area contributed by atoms with Gasteiger partial charge in [0.2, 0.25) is 5.91 Å². The minimum absolute atomic E-state index is 0.185. The third-order valence-electron chi connectivity index (χ3n) is 4.75. The van der Waals surface area contributed by atoms with Crippen LogP contribution in [0.4, 0.5) is 5.13 Å². The van der Waals surface area contributed by atoms with Gasteiger partial charge < -0.3 is 19.1 Å². The first-order chi connectivity index (χ1) is 16.1. The highest BCUT2D eigenvalue weighted by Crippen LogP contribution is 2.35. The highest BCUT2D eigenvalue weighted by Gasteiger charge is 2.22. The van der Waals surface area contributed by atoms with E-state index in [9.17, 15) is 4.79 Å². The van der Waals surface area contributed by atoms with Crippen molar-refractivity contribution in [2.75, 3.05) is 5.32 Å². The van der Waals surface area contributed by atoms with Gasteiger partial charge in [0.25, 0.3) is 0 Å². The number of carbonyl (C=O) groups excluding carboxylic acids is 1. The number of thioether (sulfide) groups is 1. The van der Waals surface area contributed by atoms with Crippen LogP contribution in [0.1, 0.15) is 6.92 Å². The summed E-state index contributed by atoms with van der Waals surface area (Å²) in [6, 6.07) is 14.7. The number of H-pyrrole nitrogens is 1. The van der Waals surface area contributed by atoms with E-state index in [1.165, 1.54) is 23.1 Å². The Bertz CT molecular complexity index is 1320. The second kappa shape index (κ2) is 9.30. The molecule has 0 saturated carbocycles. The monoisotopic (exact) mass is 496 g/mol. The van der Waals surface area contributed by atoms with Crippen molar-refractivity contribution in [3.8, 4) is 34.2 Å². The second-order valence-corrected chi connectivity index (χ2v) is 9.58. The van der Waals surface area contributed by atoms with Gasteiger partial charge in [0, 0.05) is 16.0 Å². The van der Waals surface area contributed by atoms with E-state index in [1.54, 1.807) is 24.7 Å². The van der Waals surface area contributed by atoms with Crippen LogP contribution in [-0.4, -0.2) is 26.1 Å². The van der Waals surface area contributed by atoms with Crippen molar-refractivity contribution in [2.24, 2.45) is 0 Å². The average Bonchev–Trinajstić information content (AvgIpc) is 3.60. The molecule has 1 atom stereocenters. The molecule has 0 saturated heterocycles. The number of nitrogens with one attached hydrogen (secondary N) is 2. The number of thiazole rings is 1. The summed E-state index contributed by atoms with van der Waals surface area (Å²) in [6.07, 6.45) is 3.18. The van der Waals surface area contributed by atoms with Crippen LogP contribution >= 0.6 is 34.7 Å². The summed E-state index contributed by atoms with van der Waals surface area (Å²) in [5.74, 6) is 1.06. The Balaban J connectivity index is 1.31. The van der Waals surface area contributed by atoms with Crippen molar-refractivity contribution in [3.63, 3.8) is 0 Å². The summed E-state index contributed by atoms with van der Waals surface area (Å²) in [5, 5.41) is 6.01. The smallest absolute Gasteiger partial charge is 0.239 e. The lowest BCUT2D eigenvalue weighted by atomic mass is 10.2. The number of carbonyl (C=O) groups is 1. The third kappa shape index (κ3) is 4.61. The van der Waals surface area contributed by atoms with Gasteiger partial charge in [-0.3, -0.25) is 4.79 Å². The first-order valence-corrected chi connectivity index (χ1v) is 12.1. The van der Waals surface area contributed by atoms with Crippen LogP contribution in [-0.2, 0) is 4.79 Å². The Morgan fingerprint density at radius 1 is 1.09 bits per heavy atom. The lowest BCUT2D eigenvalue weighted by molar-refractivity contribution is -0.115. The molecular weight excluding hydrogens is 480 g/mol. The molecule has 0 aliphatic rings. The van der Waals surface area contributed by atoms with E-state index in [0.717, 1.165) is 11.3 Å². The predicted octanol–water partition coefficient (Wildman–Crippen LogP) is 6.83. The van der Waals surface area contributed by atoms with E-state index >= 15 is 0 Å². The molecule has 33 heavy (non-hydrogen) atoms. The van der Waals surface area contributed by atoms with Crippen LogP contribution < -0.4 is 5.32 Å². The molecule has 1 unspecified atom stereocenters. The normalized spacial score (nSPS) is 12.1. The van der Waals surface area contributed by atoms with E-state index in [2.05, 4.69) is 20.3 Å². The Kier molecular flexibility index (Phi) is 6.08. The number of amides is 1. The maximum absolute atomic E-state index is 12.8. The average molecular weight is 497 g/mol. The minimum atomic E-state index is -0.433. The van der Waals surface area contributed by atoms with Crippen molar-refractivity contribution in [1.82, 2.24) is 15.0 Å². The molecule has 166 valence electrons.